The molecular weight excluding hydrogens is 529 g/mol. The van der Waals surface area contributed by atoms with Crippen LogP contribution in [0.25, 0.3) is 11.2 Å². The number of fused-ring (bicyclic) bond motifs is 1. The lowest BCUT2D eigenvalue weighted by atomic mass is 9.99. The van der Waals surface area contributed by atoms with Crippen LogP contribution >= 0.6 is 8.25 Å². The van der Waals surface area contributed by atoms with E-state index in [-0.39, 0.29) is 30.0 Å². The normalized spacial score (nSPS) is 22.6. The number of carbonyl (C=O) groups excluding carboxylic acids is 1. The molecule has 3 N–H and O–H groups in total. The summed E-state index contributed by atoms with van der Waals surface area (Å²) >= 11 is 0. The fourth-order valence-corrected chi connectivity index (χ4v) is 5.72. The Labute approximate surface area is 222 Å². The van der Waals surface area contributed by atoms with Gasteiger partial charge in [0.25, 0.3) is 5.91 Å². The van der Waals surface area contributed by atoms with Gasteiger partial charge in [0, 0.05) is 16.0 Å². The molecule has 1 aromatic carbocycles. The smallest absolute Gasteiger partial charge is 0.409 e. The molecule has 4 rings (SSSR count). The van der Waals surface area contributed by atoms with E-state index in [1.165, 1.54) is 12.7 Å². The first kappa shape index (κ1) is 28.4. The second-order valence-corrected chi connectivity index (χ2v) is 16.1. The Hall–Kier alpha value is -2.64. The summed E-state index contributed by atoms with van der Waals surface area (Å²) in [6.07, 6.45) is 0.706. The molecule has 12 nitrogen and oxygen atoms in total. The third-order valence-corrected chi connectivity index (χ3v) is 12.0. The second-order valence-electron chi connectivity index (χ2n) is 10.7. The highest BCUT2D eigenvalue weighted by molar-refractivity contribution is 7.32. The van der Waals surface area contributed by atoms with E-state index in [2.05, 4.69) is 54.1 Å². The van der Waals surface area contributed by atoms with Gasteiger partial charge in [0.1, 0.15) is 12.9 Å². The SMILES string of the molecule is CC(C)(C)[Si](C)(C)OC1C(n2cnc3c(NC(=O)c4ccccc4)ncnc32)O[C@H](CO)[C@H]1CO[P+](=O)O. The molecule has 2 aromatic heterocycles. The van der Waals surface area contributed by atoms with Crippen molar-refractivity contribution in [2.45, 2.75) is 57.3 Å². The Bertz CT molecular complexity index is 1300. The van der Waals surface area contributed by atoms with Gasteiger partial charge in [-0.3, -0.25) is 9.36 Å². The number of hydrogen-bond donors (Lipinski definition) is 3. The van der Waals surface area contributed by atoms with Crippen molar-refractivity contribution < 1.29 is 33.0 Å². The first-order valence-electron chi connectivity index (χ1n) is 12.2. The quantitative estimate of drug-likeness (QED) is 0.260. The minimum Gasteiger partial charge on any atom is -0.409 e. The predicted molar refractivity (Wildman–Crippen MR) is 142 cm³/mol. The maximum atomic E-state index is 12.7. The topological polar surface area (TPSA) is 158 Å². The van der Waals surface area contributed by atoms with Gasteiger partial charge >= 0.3 is 8.25 Å². The van der Waals surface area contributed by atoms with Crippen LogP contribution in [0.15, 0.2) is 43.0 Å². The molecule has 1 saturated heterocycles. The number of rotatable bonds is 9. The molecular formula is C24H33N5O7PSi+. The molecule has 0 saturated carbocycles. The van der Waals surface area contributed by atoms with Crippen molar-refractivity contribution in [2.24, 2.45) is 5.92 Å². The maximum absolute atomic E-state index is 12.7. The van der Waals surface area contributed by atoms with Crippen molar-refractivity contribution in [2.75, 3.05) is 18.5 Å². The van der Waals surface area contributed by atoms with Crippen LogP contribution in [0.3, 0.4) is 0 Å². The number of amides is 1. The van der Waals surface area contributed by atoms with Crippen LogP contribution in [-0.4, -0.2) is 69.2 Å². The zero-order chi connectivity index (χ0) is 27.7. The fraction of sp³-hybridized carbons (Fsp3) is 0.500. The zero-order valence-electron chi connectivity index (χ0n) is 21.9. The van der Waals surface area contributed by atoms with Crippen molar-refractivity contribution in [1.82, 2.24) is 19.5 Å². The standard InChI is InChI=1S/C24H32N5O7PSi/c1-24(2,3)38(4,5)36-19-16(12-34-37(32)33)17(11-30)35-23(19)29-14-27-18-20(25-13-26-21(18)29)28-22(31)15-9-7-6-8-10-15/h6-10,13-14,16-17,19,23,30H,11-12H2,1-5H3,(H-,25,26,28,31,32,33)/p+1/t16-,17-,19?,23?/m1/s1. The van der Waals surface area contributed by atoms with Gasteiger partial charge < -0.3 is 19.6 Å². The Kier molecular flexibility index (Phi) is 8.38. The average Bonchev–Trinajstić information content (AvgIpc) is 3.44. The van der Waals surface area contributed by atoms with Crippen molar-refractivity contribution in [3.8, 4) is 0 Å². The van der Waals surface area contributed by atoms with Gasteiger partial charge in [-0.25, -0.2) is 15.0 Å². The minimum absolute atomic E-state index is 0.142. The molecule has 5 atom stereocenters. The van der Waals surface area contributed by atoms with E-state index < -0.39 is 40.9 Å². The number of nitrogens with zero attached hydrogens (tertiary/aromatic N) is 4. The highest BCUT2D eigenvalue weighted by atomic mass is 31.1. The van der Waals surface area contributed by atoms with E-state index in [1.54, 1.807) is 28.8 Å². The summed E-state index contributed by atoms with van der Waals surface area (Å²) < 4.78 is 31.1. The molecule has 0 aliphatic carbocycles. The summed E-state index contributed by atoms with van der Waals surface area (Å²) in [6.45, 7) is 10.00. The summed E-state index contributed by atoms with van der Waals surface area (Å²) in [5.74, 6) is -0.646. The van der Waals surface area contributed by atoms with Gasteiger partial charge in [-0.1, -0.05) is 39.0 Å². The third-order valence-electron chi connectivity index (χ3n) is 7.19. The molecule has 3 unspecified atom stereocenters. The van der Waals surface area contributed by atoms with Crippen LogP contribution in [0.5, 0.6) is 0 Å². The molecule has 204 valence electrons. The Balaban J connectivity index is 1.71. The van der Waals surface area contributed by atoms with Gasteiger partial charge in [-0.15, -0.1) is 9.42 Å². The Morgan fingerprint density at radius 1 is 1.21 bits per heavy atom. The number of hydrogen-bond acceptors (Lipinski definition) is 9. The number of carbonyl (C=O) groups is 1. The van der Waals surface area contributed by atoms with E-state index in [0.29, 0.717) is 16.7 Å². The minimum atomic E-state index is -2.85. The first-order valence-corrected chi connectivity index (χ1v) is 16.2. The Morgan fingerprint density at radius 3 is 2.55 bits per heavy atom. The molecule has 3 heterocycles. The van der Waals surface area contributed by atoms with Crippen LogP contribution in [-0.2, 0) is 18.3 Å². The van der Waals surface area contributed by atoms with E-state index >= 15 is 0 Å². The molecule has 1 amide bonds. The molecule has 1 fully saturated rings. The number of aromatic nitrogens is 4. The van der Waals surface area contributed by atoms with Crippen LogP contribution in [0.4, 0.5) is 5.82 Å². The summed E-state index contributed by atoms with van der Waals surface area (Å²) in [7, 11) is -5.22. The molecule has 1 aliphatic heterocycles. The summed E-state index contributed by atoms with van der Waals surface area (Å²) in [4.78, 5) is 35.1. The number of ether oxygens (including phenoxy) is 1. The molecule has 0 bridgehead atoms. The van der Waals surface area contributed by atoms with Crippen molar-refractivity contribution in [3.63, 3.8) is 0 Å². The van der Waals surface area contributed by atoms with Gasteiger partial charge in [-0.05, 0) is 30.3 Å². The van der Waals surface area contributed by atoms with Crippen molar-refractivity contribution in [1.29, 1.82) is 0 Å². The average molecular weight is 563 g/mol. The van der Waals surface area contributed by atoms with Crippen LogP contribution < -0.4 is 5.32 Å². The van der Waals surface area contributed by atoms with E-state index in [0.717, 1.165) is 0 Å². The lowest BCUT2D eigenvalue weighted by Gasteiger charge is -2.40. The maximum Gasteiger partial charge on any atom is 0.694 e. The largest absolute Gasteiger partial charge is 0.694 e. The van der Waals surface area contributed by atoms with E-state index in [9.17, 15) is 19.4 Å². The van der Waals surface area contributed by atoms with E-state index in [1.807, 2.05) is 6.07 Å². The number of imidazole rings is 1. The van der Waals surface area contributed by atoms with Gasteiger partial charge in [0.15, 0.2) is 31.5 Å². The second kappa shape index (κ2) is 11.2. The number of benzene rings is 1. The first-order chi connectivity index (χ1) is 17.9. The van der Waals surface area contributed by atoms with Crippen LogP contribution in [0.2, 0.25) is 18.1 Å². The van der Waals surface area contributed by atoms with Crippen molar-refractivity contribution >= 4 is 39.5 Å². The van der Waals surface area contributed by atoms with Gasteiger partial charge in [-0.2, -0.15) is 0 Å². The molecule has 14 heteroatoms. The predicted octanol–water partition coefficient (Wildman–Crippen LogP) is 3.64. The summed E-state index contributed by atoms with van der Waals surface area (Å²) in [6, 6.07) is 8.74. The lowest BCUT2D eigenvalue weighted by molar-refractivity contribution is -0.0474. The zero-order valence-corrected chi connectivity index (χ0v) is 23.8. The monoisotopic (exact) mass is 562 g/mol. The summed E-state index contributed by atoms with van der Waals surface area (Å²) in [5.41, 5.74) is 1.21. The van der Waals surface area contributed by atoms with E-state index in [4.69, 9.17) is 13.7 Å². The van der Waals surface area contributed by atoms with Crippen molar-refractivity contribution in [3.05, 3.63) is 48.5 Å². The Morgan fingerprint density at radius 2 is 1.92 bits per heavy atom. The summed E-state index contributed by atoms with van der Waals surface area (Å²) in [5, 5.41) is 12.7. The molecule has 0 spiro atoms. The highest BCUT2D eigenvalue weighted by Gasteiger charge is 2.52. The lowest BCUT2D eigenvalue weighted by Crippen LogP contribution is -2.48. The molecule has 1 aliphatic rings. The number of anilines is 1. The number of aliphatic hydroxyl groups is 1. The van der Waals surface area contributed by atoms with Crippen LogP contribution in [0, 0.1) is 5.92 Å². The highest BCUT2D eigenvalue weighted by Crippen LogP contribution is 2.45. The van der Waals surface area contributed by atoms with Gasteiger partial charge in [0.05, 0.1) is 25.1 Å². The van der Waals surface area contributed by atoms with Gasteiger partial charge in [0.2, 0.25) is 0 Å². The molecule has 38 heavy (non-hydrogen) atoms. The molecule has 0 radical (unpaired) electrons. The number of aliphatic hydroxyl groups excluding tert-OH is 1. The molecule has 3 aromatic rings. The number of nitrogens with one attached hydrogen (secondary N) is 1. The fourth-order valence-electron chi connectivity index (χ4n) is 4.10. The third kappa shape index (κ3) is 5.84. The van der Waals surface area contributed by atoms with Crippen LogP contribution in [0.1, 0.15) is 37.4 Å².